The molecule has 3 aliphatic rings. The Bertz CT molecular complexity index is 1330. The molecule has 0 radical (unpaired) electrons. The predicted octanol–water partition coefficient (Wildman–Crippen LogP) is 1.44. The van der Waals surface area contributed by atoms with E-state index in [9.17, 15) is 32.6 Å². The van der Waals surface area contributed by atoms with Crippen molar-refractivity contribution in [2.75, 3.05) is 26.2 Å². The Labute approximate surface area is 222 Å². The second-order valence-electron chi connectivity index (χ2n) is 11.7. The summed E-state index contributed by atoms with van der Waals surface area (Å²) in [6.07, 6.45) is 3.35. The number of hydrogen-bond donors (Lipinski definition) is 3. The Morgan fingerprint density at radius 2 is 2.00 bits per heavy atom. The van der Waals surface area contributed by atoms with E-state index in [1.54, 1.807) is 20.0 Å². The molecule has 1 aliphatic heterocycles. The summed E-state index contributed by atoms with van der Waals surface area (Å²) >= 11 is 0. The van der Waals surface area contributed by atoms with E-state index in [1.165, 1.54) is 23.4 Å². The SMILES string of the molecule is CC1=C(F)CC(C)(CNC(=O)c2nn(C)c3c2CCN(CC2(S(=O)(=O)C(C)(C)C(O)CO)CC2)C3=O)C=C1. The lowest BCUT2D eigenvalue weighted by molar-refractivity contribution is 0.0673. The number of aryl methyl sites for hydroxylation is 1. The van der Waals surface area contributed by atoms with Crippen LogP contribution in [0.25, 0.3) is 0 Å². The lowest BCUT2D eigenvalue weighted by Gasteiger charge is -2.36. The minimum absolute atomic E-state index is 0.0366. The molecule has 1 saturated carbocycles. The second-order valence-corrected chi connectivity index (χ2v) is 14.6. The molecule has 12 heteroatoms. The molecule has 4 rings (SSSR count). The van der Waals surface area contributed by atoms with Crippen LogP contribution >= 0.6 is 0 Å². The molecule has 1 aromatic heterocycles. The van der Waals surface area contributed by atoms with Crippen molar-refractivity contribution in [1.29, 1.82) is 0 Å². The molecule has 2 aliphatic carbocycles. The van der Waals surface area contributed by atoms with Gasteiger partial charge in [0.2, 0.25) is 0 Å². The van der Waals surface area contributed by atoms with Crippen molar-refractivity contribution < 1.29 is 32.6 Å². The number of hydrogen-bond acceptors (Lipinski definition) is 7. The highest BCUT2D eigenvalue weighted by atomic mass is 32.2. The number of nitrogens with one attached hydrogen (secondary N) is 1. The number of carbonyl (C=O) groups excluding carboxylic acids is 2. The number of aromatic nitrogens is 2. The van der Waals surface area contributed by atoms with Crippen molar-refractivity contribution in [2.45, 2.75) is 69.0 Å². The molecule has 2 unspecified atom stereocenters. The Morgan fingerprint density at radius 1 is 1.34 bits per heavy atom. The van der Waals surface area contributed by atoms with Gasteiger partial charge in [-0.1, -0.05) is 19.1 Å². The zero-order valence-electron chi connectivity index (χ0n) is 22.5. The Balaban J connectivity index is 1.50. The zero-order chi connectivity index (χ0) is 28.3. The maximum Gasteiger partial charge on any atom is 0.272 e. The highest BCUT2D eigenvalue weighted by Crippen LogP contribution is 2.50. The van der Waals surface area contributed by atoms with Gasteiger partial charge in [0.25, 0.3) is 11.8 Å². The number of rotatable bonds is 9. The van der Waals surface area contributed by atoms with Crippen LogP contribution in [-0.2, 0) is 23.3 Å². The van der Waals surface area contributed by atoms with Gasteiger partial charge in [0.1, 0.15) is 11.5 Å². The number of sulfone groups is 1. The summed E-state index contributed by atoms with van der Waals surface area (Å²) in [4.78, 5) is 28.0. The second kappa shape index (κ2) is 9.56. The van der Waals surface area contributed by atoms with Crippen LogP contribution in [0, 0.1) is 5.41 Å². The molecule has 2 atom stereocenters. The quantitative estimate of drug-likeness (QED) is 0.421. The maximum absolute atomic E-state index is 14.1. The van der Waals surface area contributed by atoms with Gasteiger partial charge in [-0.25, -0.2) is 12.8 Å². The van der Waals surface area contributed by atoms with Crippen LogP contribution in [0.2, 0.25) is 0 Å². The molecule has 0 saturated heterocycles. The van der Waals surface area contributed by atoms with Crippen molar-refractivity contribution in [3.63, 3.8) is 0 Å². The average Bonchev–Trinajstić information content (AvgIpc) is 3.57. The smallest absolute Gasteiger partial charge is 0.272 e. The van der Waals surface area contributed by atoms with Crippen LogP contribution in [0.15, 0.2) is 23.6 Å². The molecular formula is C26H37FN4O6S. The molecular weight excluding hydrogens is 515 g/mol. The van der Waals surface area contributed by atoms with Gasteiger partial charge in [-0.3, -0.25) is 14.3 Å². The molecule has 38 heavy (non-hydrogen) atoms. The molecule has 2 amide bonds. The minimum Gasteiger partial charge on any atom is -0.394 e. The fourth-order valence-electron chi connectivity index (χ4n) is 5.32. The molecule has 0 spiro atoms. The zero-order valence-corrected chi connectivity index (χ0v) is 23.4. The van der Waals surface area contributed by atoms with Crippen LogP contribution in [-0.4, -0.2) is 87.0 Å². The van der Waals surface area contributed by atoms with E-state index in [2.05, 4.69) is 10.4 Å². The van der Waals surface area contributed by atoms with Crippen LogP contribution in [0.1, 0.15) is 73.5 Å². The lowest BCUT2D eigenvalue weighted by atomic mass is 9.81. The predicted molar refractivity (Wildman–Crippen MR) is 139 cm³/mol. The Hall–Kier alpha value is -2.57. The third-order valence-electron chi connectivity index (χ3n) is 8.38. The number of carbonyl (C=O) groups is 2. The molecule has 2 heterocycles. The van der Waals surface area contributed by atoms with Gasteiger partial charge in [-0.05, 0) is 45.6 Å². The molecule has 1 fully saturated rings. The van der Waals surface area contributed by atoms with Gasteiger partial charge in [-0.15, -0.1) is 0 Å². The highest BCUT2D eigenvalue weighted by Gasteiger charge is 2.62. The number of amides is 2. The third-order valence-corrected chi connectivity index (χ3v) is 11.7. The van der Waals surface area contributed by atoms with Crippen molar-refractivity contribution in [2.24, 2.45) is 12.5 Å². The Morgan fingerprint density at radius 3 is 2.58 bits per heavy atom. The number of aliphatic hydroxyl groups is 2. The number of halogens is 1. The maximum atomic E-state index is 14.1. The normalized spacial score (nSPS) is 23.9. The van der Waals surface area contributed by atoms with Gasteiger partial charge in [0.05, 0.1) is 22.2 Å². The van der Waals surface area contributed by atoms with E-state index in [0.29, 0.717) is 30.4 Å². The van der Waals surface area contributed by atoms with Crippen molar-refractivity contribution >= 4 is 21.7 Å². The summed E-state index contributed by atoms with van der Waals surface area (Å²) in [6, 6.07) is 0. The number of aliphatic hydroxyl groups excluding tert-OH is 2. The average molecular weight is 553 g/mol. The third kappa shape index (κ3) is 4.60. The van der Waals surface area contributed by atoms with Gasteiger partial charge in [-0.2, -0.15) is 5.10 Å². The number of fused-ring (bicyclic) bond motifs is 1. The van der Waals surface area contributed by atoms with Crippen LogP contribution < -0.4 is 5.32 Å². The monoisotopic (exact) mass is 552 g/mol. The first-order chi connectivity index (χ1) is 17.6. The molecule has 0 aromatic carbocycles. The van der Waals surface area contributed by atoms with Gasteiger partial charge < -0.3 is 20.4 Å². The van der Waals surface area contributed by atoms with Crippen LogP contribution in [0.5, 0.6) is 0 Å². The topological polar surface area (TPSA) is 142 Å². The van der Waals surface area contributed by atoms with Crippen molar-refractivity contribution in [1.82, 2.24) is 20.0 Å². The first-order valence-corrected chi connectivity index (χ1v) is 14.3. The first kappa shape index (κ1) is 28.4. The van der Waals surface area contributed by atoms with E-state index < -0.39 is 49.3 Å². The van der Waals surface area contributed by atoms with Crippen LogP contribution in [0.3, 0.4) is 0 Å². The summed E-state index contributed by atoms with van der Waals surface area (Å²) < 4.78 is 39.7. The fourth-order valence-corrected chi connectivity index (χ4v) is 7.83. The summed E-state index contributed by atoms with van der Waals surface area (Å²) in [5, 5.41) is 26.7. The number of allylic oxidation sites excluding steroid dienone is 3. The largest absolute Gasteiger partial charge is 0.394 e. The van der Waals surface area contributed by atoms with E-state index in [4.69, 9.17) is 0 Å². The first-order valence-electron chi connectivity index (χ1n) is 12.8. The van der Waals surface area contributed by atoms with Crippen LogP contribution in [0.4, 0.5) is 4.39 Å². The molecule has 1 aromatic rings. The fraction of sp³-hybridized carbons (Fsp3) is 0.654. The highest BCUT2D eigenvalue weighted by molar-refractivity contribution is 7.94. The van der Waals surface area contributed by atoms with Crippen molar-refractivity contribution in [3.8, 4) is 0 Å². The standard InChI is InChI=1S/C26H37FN4O6S/c1-16-6-8-25(4,12-18(16)27)14-28-22(34)20-17-7-11-31(23(35)21(17)30(5)29-20)15-26(9-10-26)38(36,37)24(2,3)19(33)13-32/h6,8,19,32-33H,7,9-15H2,1-5H3,(H,28,34). The summed E-state index contributed by atoms with van der Waals surface area (Å²) in [5.41, 5.74) is 0.859. The summed E-state index contributed by atoms with van der Waals surface area (Å²) in [7, 11) is -2.35. The Kier molecular flexibility index (Phi) is 7.16. The summed E-state index contributed by atoms with van der Waals surface area (Å²) in [6.45, 7) is 6.03. The molecule has 10 nitrogen and oxygen atoms in total. The van der Waals surface area contributed by atoms with Gasteiger partial charge >= 0.3 is 0 Å². The van der Waals surface area contributed by atoms with E-state index in [1.807, 2.05) is 13.0 Å². The van der Waals surface area contributed by atoms with Gasteiger partial charge in [0.15, 0.2) is 15.5 Å². The summed E-state index contributed by atoms with van der Waals surface area (Å²) in [5.74, 6) is -1.08. The minimum atomic E-state index is -3.91. The van der Waals surface area contributed by atoms with E-state index in [0.717, 1.165) is 0 Å². The molecule has 0 bridgehead atoms. The molecule has 3 N–H and O–H groups in total. The van der Waals surface area contributed by atoms with E-state index >= 15 is 0 Å². The lowest BCUT2D eigenvalue weighted by Crippen LogP contribution is -2.55. The van der Waals surface area contributed by atoms with E-state index in [-0.39, 0.29) is 43.3 Å². The molecule has 210 valence electrons. The van der Waals surface area contributed by atoms with Gasteiger partial charge in [0, 0.05) is 44.1 Å². The van der Waals surface area contributed by atoms with Crippen molar-refractivity contribution in [3.05, 3.63) is 40.5 Å². The number of nitrogens with zero attached hydrogens (tertiary/aromatic N) is 3.